The van der Waals surface area contributed by atoms with E-state index in [1.807, 2.05) is 22.6 Å². The van der Waals surface area contributed by atoms with Gasteiger partial charge in [-0.2, -0.15) is 0 Å². The van der Waals surface area contributed by atoms with E-state index in [2.05, 4.69) is 10.6 Å². The predicted molar refractivity (Wildman–Crippen MR) is 111 cm³/mol. The van der Waals surface area contributed by atoms with Crippen molar-refractivity contribution in [1.82, 2.24) is 5.32 Å². The lowest BCUT2D eigenvalue weighted by Crippen LogP contribution is -2.33. The van der Waals surface area contributed by atoms with Gasteiger partial charge in [-0.1, -0.05) is 23.7 Å². The van der Waals surface area contributed by atoms with E-state index in [0.29, 0.717) is 10.7 Å². The number of rotatable bonds is 4. The van der Waals surface area contributed by atoms with Crippen LogP contribution in [0.2, 0.25) is 5.02 Å². The molecule has 0 aliphatic carbocycles. The largest absolute Gasteiger partial charge is 0.478 e. The fourth-order valence-corrected chi connectivity index (χ4v) is 2.68. The van der Waals surface area contributed by atoms with E-state index < -0.39 is 11.9 Å². The molecule has 0 radical (unpaired) electrons. The molecular formula is C17H12ClIN2O3S. The van der Waals surface area contributed by atoms with Crippen molar-refractivity contribution in [3.05, 3.63) is 68.3 Å². The number of halogens is 2. The SMILES string of the molecule is O=C(/C=C/c1ccc(Cl)cc1)NC(=S)Nc1ccc(I)cc1C(=O)O. The van der Waals surface area contributed by atoms with Gasteiger partial charge in [-0.25, -0.2) is 4.79 Å². The summed E-state index contributed by atoms with van der Waals surface area (Å²) >= 11 is 12.9. The molecule has 0 saturated heterocycles. The number of nitrogens with one attached hydrogen (secondary N) is 2. The highest BCUT2D eigenvalue weighted by atomic mass is 127. The molecule has 2 aromatic rings. The number of carboxylic acids is 1. The van der Waals surface area contributed by atoms with Crippen LogP contribution in [0.3, 0.4) is 0 Å². The van der Waals surface area contributed by atoms with Crippen LogP contribution in [-0.2, 0) is 4.79 Å². The summed E-state index contributed by atoms with van der Waals surface area (Å²) < 4.78 is 0.779. The van der Waals surface area contributed by atoms with Gasteiger partial charge in [0.2, 0.25) is 5.91 Å². The van der Waals surface area contributed by atoms with Crippen LogP contribution in [0.4, 0.5) is 5.69 Å². The number of carbonyl (C=O) groups is 2. The van der Waals surface area contributed by atoms with E-state index in [4.69, 9.17) is 23.8 Å². The van der Waals surface area contributed by atoms with Crippen molar-refractivity contribution < 1.29 is 14.7 Å². The van der Waals surface area contributed by atoms with Gasteiger partial charge in [0.05, 0.1) is 11.3 Å². The van der Waals surface area contributed by atoms with Gasteiger partial charge in [-0.3, -0.25) is 10.1 Å². The molecule has 128 valence electrons. The van der Waals surface area contributed by atoms with E-state index in [9.17, 15) is 14.7 Å². The molecule has 0 atom stereocenters. The van der Waals surface area contributed by atoms with Crippen LogP contribution in [0.1, 0.15) is 15.9 Å². The fourth-order valence-electron chi connectivity index (χ4n) is 1.86. The molecule has 1 amide bonds. The first-order chi connectivity index (χ1) is 11.8. The van der Waals surface area contributed by atoms with Crippen molar-refractivity contribution in [2.45, 2.75) is 0 Å². The summed E-state index contributed by atoms with van der Waals surface area (Å²) in [5.41, 5.74) is 1.18. The molecule has 0 spiro atoms. The van der Waals surface area contributed by atoms with E-state index in [1.165, 1.54) is 12.1 Å². The number of hydrogen-bond acceptors (Lipinski definition) is 3. The molecule has 0 unspecified atom stereocenters. The van der Waals surface area contributed by atoms with Crippen LogP contribution in [-0.4, -0.2) is 22.1 Å². The molecule has 0 heterocycles. The Bertz CT molecular complexity index is 853. The van der Waals surface area contributed by atoms with Crippen molar-refractivity contribution >= 4 is 75.2 Å². The van der Waals surface area contributed by atoms with Crippen molar-refractivity contribution in [2.24, 2.45) is 0 Å². The second-order valence-electron chi connectivity index (χ2n) is 4.82. The zero-order valence-electron chi connectivity index (χ0n) is 12.6. The first kappa shape index (κ1) is 19.4. The Labute approximate surface area is 168 Å². The molecular weight excluding hydrogens is 475 g/mol. The van der Waals surface area contributed by atoms with Gasteiger partial charge in [0.15, 0.2) is 5.11 Å². The van der Waals surface area contributed by atoms with Crippen LogP contribution in [0, 0.1) is 3.57 Å². The minimum absolute atomic E-state index is 0.00876. The Balaban J connectivity index is 1.99. The second kappa shape index (κ2) is 8.93. The molecule has 2 rings (SSSR count). The molecule has 8 heteroatoms. The third-order valence-corrected chi connectivity index (χ3v) is 4.12. The molecule has 0 fully saturated rings. The Kier molecular flexibility index (Phi) is 6.91. The Morgan fingerprint density at radius 3 is 2.48 bits per heavy atom. The molecule has 0 aliphatic rings. The van der Waals surface area contributed by atoms with Crippen molar-refractivity contribution in [1.29, 1.82) is 0 Å². The summed E-state index contributed by atoms with van der Waals surface area (Å²) in [5.74, 6) is -1.52. The van der Waals surface area contributed by atoms with Gasteiger partial charge in [0, 0.05) is 14.7 Å². The monoisotopic (exact) mass is 486 g/mol. The normalized spacial score (nSPS) is 10.5. The Hall–Kier alpha value is -1.97. The molecule has 5 nitrogen and oxygen atoms in total. The average Bonchev–Trinajstić information content (AvgIpc) is 2.55. The number of thiocarbonyl (C=S) groups is 1. The average molecular weight is 487 g/mol. The van der Waals surface area contributed by atoms with Gasteiger partial charge in [0.1, 0.15) is 0 Å². The number of anilines is 1. The molecule has 25 heavy (non-hydrogen) atoms. The minimum atomic E-state index is -1.09. The fraction of sp³-hybridized carbons (Fsp3) is 0. The number of amides is 1. The molecule has 3 N–H and O–H groups in total. The number of benzene rings is 2. The number of carboxylic acid groups (broad SMARTS) is 1. The van der Waals surface area contributed by atoms with Gasteiger partial charge in [-0.15, -0.1) is 0 Å². The standard InChI is InChI=1S/C17H12ClIN2O3S/c18-11-4-1-10(2-5-11)3-8-15(22)21-17(25)20-14-7-6-12(19)9-13(14)16(23)24/h1-9H,(H,23,24)(H2,20,21,22,25)/b8-3+. The summed E-state index contributed by atoms with van der Waals surface area (Å²) in [4.78, 5) is 23.2. The van der Waals surface area contributed by atoms with E-state index in [0.717, 1.165) is 9.13 Å². The van der Waals surface area contributed by atoms with Gasteiger partial charge in [0.25, 0.3) is 0 Å². The van der Waals surface area contributed by atoms with E-state index in [-0.39, 0.29) is 10.7 Å². The maximum Gasteiger partial charge on any atom is 0.337 e. The summed E-state index contributed by atoms with van der Waals surface area (Å²) in [7, 11) is 0. The van der Waals surface area contributed by atoms with E-state index >= 15 is 0 Å². The molecule has 0 saturated carbocycles. The highest BCUT2D eigenvalue weighted by Crippen LogP contribution is 2.19. The van der Waals surface area contributed by atoms with Crippen LogP contribution in [0.25, 0.3) is 6.08 Å². The van der Waals surface area contributed by atoms with Crippen LogP contribution in [0.15, 0.2) is 48.5 Å². The summed E-state index contributed by atoms with van der Waals surface area (Å²) in [6.45, 7) is 0. The zero-order valence-corrected chi connectivity index (χ0v) is 16.4. The molecule has 0 bridgehead atoms. The zero-order chi connectivity index (χ0) is 18.4. The molecule has 2 aromatic carbocycles. The number of hydrogen-bond donors (Lipinski definition) is 3. The van der Waals surface area contributed by atoms with Crippen LogP contribution >= 0.6 is 46.4 Å². The third kappa shape index (κ3) is 6.11. The lowest BCUT2D eigenvalue weighted by molar-refractivity contribution is -0.115. The second-order valence-corrected chi connectivity index (χ2v) is 6.91. The van der Waals surface area contributed by atoms with Crippen LogP contribution in [0.5, 0.6) is 0 Å². The first-order valence-electron chi connectivity index (χ1n) is 6.93. The number of carbonyl (C=O) groups excluding carboxylic acids is 1. The maximum absolute atomic E-state index is 11.9. The topological polar surface area (TPSA) is 78.4 Å². The van der Waals surface area contributed by atoms with Gasteiger partial charge in [-0.05, 0) is 76.8 Å². The Morgan fingerprint density at radius 1 is 1.16 bits per heavy atom. The minimum Gasteiger partial charge on any atom is -0.478 e. The molecule has 0 aromatic heterocycles. The third-order valence-electron chi connectivity index (χ3n) is 2.99. The van der Waals surface area contributed by atoms with Gasteiger partial charge >= 0.3 is 5.97 Å². The summed E-state index contributed by atoms with van der Waals surface area (Å²) in [6, 6.07) is 11.8. The molecule has 0 aliphatic heterocycles. The van der Waals surface area contributed by atoms with Gasteiger partial charge < -0.3 is 10.4 Å². The quantitative estimate of drug-likeness (QED) is 0.343. The summed E-state index contributed by atoms with van der Waals surface area (Å²) in [6.07, 6.45) is 2.94. The first-order valence-corrected chi connectivity index (χ1v) is 8.80. The predicted octanol–water partition coefficient (Wildman–Crippen LogP) is 4.17. The highest BCUT2D eigenvalue weighted by molar-refractivity contribution is 14.1. The summed E-state index contributed by atoms with van der Waals surface area (Å²) in [5, 5.41) is 15.0. The Morgan fingerprint density at radius 2 is 1.84 bits per heavy atom. The van der Waals surface area contributed by atoms with Crippen molar-refractivity contribution in [3.8, 4) is 0 Å². The maximum atomic E-state index is 11.9. The van der Waals surface area contributed by atoms with Crippen molar-refractivity contribution in [2.75, 3.05) is 5.32 Å². The lowest BCUT2D eigenvalue weighted by Gasteiger charge is -2.11. The smallest absolute Gasteiger partial charge is 0.337 e. The van der Waals surface area contributed by atoms with E-state index in [1.54, 1.807) is 42.5 Å². The van der Waals surface area contributed by atoms with Crippen LogP contribution < -0.4 is 10.6 Å². The van der Waals surface area contributed by atoms with Crippen molar-refractivity contribution in [3.63, 3.8) is 0 Å². The highest BCUT2D eigenvalue weighted by Gasteiger charge is 2.12. The number of aromatic carboxylic acids is 1. The lowest BCUT2D eigenvalue weighted by atomic mass is 10.2.